The van der Waals surface area contributed by atoms with Crippen LogP contribution in [-0.4, -0.2) is 66.1 Å². The summed E-state index contributed by atoms with van der Waals surface area (Å²) in [6.07, 6.45) is 0. The number of benzene rings is 2. The van der Waals surface area contributed by atoms with Gasteiger partial charge in [0, 0.05) is 37.1 Å². The van der Waals surface area contributed by atoms with Gasteiger partial charge in [-0.1, -0.05) is 12.1 Å². The Morgan fingerprint density at radius 2 is 1.75 bits per heavy atom. The Balaban J connectivity index is 1.66. The Bertz CT molecular complexity index is 827. The van der Waals surface area contributed by atoms with E-state index in [0.717, 1.165) is 13.1 Å². The number of rotatable bonds is 3. The first-order valence-corrected chi connectivity index (χ1v) is 8.07. The lowest BCUT2D eigenvalue weighted by Crippen LogP contribution is -2.46. The molecule has 2 amide bonds. The Labute approximate surface area is 139 Å². The highest BCUT2D eigenvalue weighted by atomic mass is 16.5. The lowest BCUT2D eigenvalue weighted by atomic mass is 9.93. The summed E-state index contributed by atoms with van der Waals surface area (Å²) >= 11 is 0. The summed E-state index contributed by atoms with van der Waals surface area (Å²) in [6.45, 7) is 3.94. The van der Waals surface area contributed by atoms with Crippen molar-refractivity contribution in [3.8, 4) is 5.75 Å². The van der Waals surface area contributed by atoms with Crippen molar-refractivity contribution < 1.29 is 19.4 Å². The fourth-order valence-electron chi connectivity index (χ4n) is 3.41. The summed E-state index contributed by atoms with van der Waals surface area (Å²) in [7, 11) is 0. The molecule has 2 aliphatic heterocycles. The van der Waals surface area contributed by atoms with Crippen LogP contribution in [0.5, 0.6) is 5.75 Å². The monoisotopic (exact) mass is 326 g/mol. The van der Waals surface area contributed by atoms with Crippen molar-refractivity contribution in [2.75, 3.05) is 39.4 Å². The van der Waals surface area contributed by atoms with Crippen LogP contribution in [0, 0.1) is 0 Å². The van der Waals surface area contributed by atoms with Gasteiger partial charge in [0.1, 0.15) is 5.75 Å². The molecule has 0 radical (unpaired) electrons. The van der Waals surface area contributed by atoms with Gasteiger partial charge in [-0.05, 0) is 23.6 Å². The standard InChI is InChI=1S/C18H18N2O4/c21-13-10-12-2-1-3-14-16(12)15(11-13)18(23)20(17(14)22)5-4-19-6-8-24-9-7-19/h1-3,10-11,21H,4-9H2. The highest BCUT2D eigenvalue weighted by Crippen LogP contribution is 2.33. The van der Waals surface area contributed by atoms with Crippen molar-refractivity contribution in [2.45, 2.75) is 0 Å². The van der Waals surface area contributed by atoms with Crippen LogP contribution in [0.2, 0.25) is 0 Å². The average Bonchev–Trinajstić information content (AvgIpc) is 2.60. The van der Waals surface area contributed by atoms with Gasteiger partial charge in [0.2, 0.25) is 0 Å². The maximum Gasteiger partial charge on any atom is 0.261 e. The third-order valence-corrected chi connectivity index (χ3v) is 4.66. The molecule has 0 bridgehead atoms. The molecule has 2 aliphatic rings. The van der Waals surface area contributed by atoms with Crippen LogP contribution < -0.4 is 0 Å². The van der Waals surface area contributed by atoms with Gasteiger partial charge >= 0.3 is 0 Å². The number of nitrogens with zero attached hydrogens (tertiary/aromatic N) is 2. The number of hydrogen-bond acceptors (Lipinski definition) is 5. The Kier molecular flexibility index (Phi) is 3.70. The minimum atomic E-state index is -0.340. The molecule has 0 aliphatic carbocycles. The first kappa shape index (κ1) is 15.1. The fraction of sp³-hybridized carbons (Fsp3) is 0.333. The predicted octanol–water partition coefficient (Wildman–Crippen LogP) is 1.47. The fourth-order valence-corrected chi connectivity index (χ4v) is 3.41. The first-order valence-electron chi connectivity index (χ1n) is 8.07. The van der Waals surface area contributed by atoms with Crippen LogP contribution in [0.15, 0.2) is 30.3 Å². The quantitative estimate of drug-likeness (QED) is 0.865. The van der Waals surface area contributed by atoms with Crippen LogP contribution in [0.3, 0.4) is 0 Å². The van der Waals surface area contributed by atoms with Gasteiger partial charge < -0.3 is 9.84 Å². The molecule has 0 unspecified atom stereocenters. The van der Waals surface area contributed by atoms with E-state index in [1.807, 2.05) is 0 Å². The lowest BCUT2D eigenvalue weighted by molar-refractivity contribution is 0.0316. The Morgan fingerprint density at radius 1 is 1.00 bits per heavy atom. The number of aromatic hydroxyl groups is 1. The lowest BCUT2D eigenvalue weighted by Gasteiger charge is -2.31. The zero-order chi connectivity index (χ0) is 16.7. The van der Waals surface area contributed by atoms with Crippen LogP contribution in [0.1, 0.15) is 20.7 Å². The van der Waals surface area contributed by atoms with Gasteiger partial charge in [0.25, 0.3) is 11.8 Å². The largest absolute Gasteiger partial charge is 0.508 e. The molecular weight excluding hydrogens is 308 g/mol. The number of carbonyl (C=O) groups excluding carboxylic acids is 2. The smallest absolute Gasteiger partial charge is 0.261 e. The van der Waals surface area contributed by atoms with E-state index in [9.17, 15) is 14.7 Å². The second-order valence-corrected chi connectivity index (χ2v) is 6.11. The molecular formula is C18H18N2O4. The zero-order valence-corrected chi connectivity index (χ0v) is 13.2. The van der Waals surface area contributed by atoms with Gasteiger partial charge in [-0.3, -0.25) is 19.4 Å². The SMILES string of the molecule is O=C1c2cccc3cc(O)cc(c23)C(=O)N1CCN1CCOCC1. The third kappa shape index (κ3) is 2.44. The molecule has 4 rings (SSSR count). The molecule has 1 fully saturated rings. The minimum Gasteiger partial charge on any atom is -0.508 e. The van der Waals surface area contributed by atoms with Gasteiger partial charge in [0.15, 0.2) is 0 Å². The molecule has 124 valence electrons. The maximum absolute atomic E-state index is 12.8. The highest BCUT2D eigenvalue weighted by molar-refractivity contribution is 6.25. The molecule has 2 aromatic carbocycles. The van der Waals surface area contributed by atoms with E-state index in [1.54, 1.807) is 24.3 Å². The summed E-state index contributed by atoms with van der Waals surface area (Å²) in [4.78, 5) is 29.0. The van der Waals surface area contributed by atoms with Gasteiger partial charge in [-0.15, -0.1) is 0 Å². The topological polar surface area (TPSA) is 70.1 Å². The minimum absolute atomic E-state index is 0.0329. The summed E-state index contributed by atoms with van der Waals surface area (Å²) in [5, 5.41) is 11.2. The van der Waals surface area contributed by atoms with E-state index >= 15 is 0 Å². The molecule has 1 N–H and O–H groups in total. The van der Waals surface area contributed by atoms with Crippen LogP contribution in [0.25, 0.3) is 10.8 Å². The van der Waals surface area contributed by atoms with E-state index in [-0.39, 0.29) is 17.6 Å². The summed E-state index contributed by atoms with van der Waals surface area (Å²) in [5.41, 5.74) is 0.909. The third-order valence-electron chi connectivity index (χ3n) is 4.66. The van der Waals surface area contributed by atoms with Crippen molar-refractivity contribution in [1.29, 1.82) is 0 Å². The molecule has 2 aromatic rings. The van der Waals surface area contributed by atoms with E-state index in [2.05, 4.69) is 4.90 Å². The molecule has 6 nitrogen and oxygen atoms in total. The number of imide groups is 1. The van der Waals surface area contributed by atoms with Crippen molar-refractivity contribution in [2.24, 2.45) is 0 Å². The molecule has 0 atom stereocenters. The van der Waals surface area contributed by atoms with Crippen LogP contribution >= 0.6 is 0 Å². The van der Waals surface area contributed by atoms with Crippen LogP contribution in [0.4, 0.5) is 0 Å². The molecule has 0 spiro atoms. The predicted molar refractivity (Wildman–Crippen MR) is 88.2 cm³/mol. The Morgan fingerprint density at radius 3 is 2.54 bits per heavy atom. The van der Waals surface area contributed by atoms with E-state index in [0.29, 0.717) is 48.2 Å². The summed E-state index contributed by atoms with van der Waals surface area (Å²) < 4.78 is 5.32. The molecule has 1 saturated heterocycles. The molecule has 24 heavy (non-hydrogen) atoms. The van der Waals surface area contributed by atoms with Crippen molar-refractivity contribution in [3.63, 3.8) is 0 Å². The van der Waals surface area contributed by atoms with Crippen LogP contribution in [-0.2, 0) is 4.74 Å². The van der Waals surface area contributed by atoms with E-state index in [4.69, 9.17) is 4.74 Å². The zero-order valence-electron chi connectivity index (χ0n) is 13.2. The van der Waals surface area contributed by atoms with E-state index < -0.39 is 0 Å². The summed E-state index contributed by atoms with van der Waals surface area (Å²) in [6, 6.07) is 8.33. The number of phenolic OH excluding ortho intramolecular Hbond substituents is 1. The van der Waals surface area contributed by atoms with Crippen molar-refractivity contribution in [3.05, 3.63) is 41.5 Å². The van der Waals surface area contributed by atoms with Crippen molar-refractivity contribution >= 4 is 22.6 Å². The molecule has 6 heteroatoms. The normalized spacial score (nSPS) is 18.4. The molecule has 0 aromatic heterocycles. The molecule has 2 heterocycles. The van der Waals surface area contributed by atoms with Gasteiger partial charge in [-0.25, -0.2) is 0 Å². The van der Waals surface area contributed by atoms with Gasteiger partial charge in [0.05, 0.1) is 18.8 Å². The number of hydrogen-bond donors (Lipinski definition) is 1. The second kappa shape index (κ2) is 5.89. The maximum atomic E-state index is 12.8. The summed E-state index contributed by atoms with van der Waals surface area (Å²) in [5.74, 6) is -0.574. The number of morpholine rings is 1. The van der Waals surface area contributed by atoms with Gasteiger partial charge in [-0.2, -0.15) is 0 Å². The number of phenols is 1. The molecule has 0 saturated carbocycles. The van der Waals surface area contributed by atoms with E-state index in [1.165, 1.54) is 11.0 Å². The highest BCUT2D eigenvalue weighted by Gasteiger charge is 2.33. The number of ether oxygens (including phenoxy) is 1. The average molecular weight is 326 g/mol. The van der Waals surface area contributed by atoms with Crippen molar-refractivity contribution in [1.82, 2.24) is 9.80 Å². The first-order chi connectivity index (χ1) is 11.6. The second-order valence-electron chi connectivity index (χ2n) is 6.11. The number of amides is 2. The number of carbonyl (C=O) groups is 2. The Hall–Kier alpha value is -2.44.